The molecule has 0 saturated carbocycles. The molecular weight excluding hydrogens is 334 g/mol. The molecule has 0 radical (unpaired) electrons. The van der Waals surface area contributed by atoms with E-state index in [0.717, 1.165) is 11.0 Å². The van der Waals surface area contributed by atoms with Crippen LogP contribution in [0.4, 0.5) is 0 Å². The molecule has 0 fully saturated rings. The number of ether oxygens (including phenoxy) is 2. The van der Waals surface area contributed by atoms with E-state index in [1.165, 1.54) is 7.11 Å². The lowest BCUT2D eigenvalue weighted by Crippen LogP contribution is -2.25. The first kappa shape index (κ1) is 17.5. The molecule has 0 atom stereocenters. The number of para-hydroxylation sites is 2. The number of benzene rings is 2. The number of hydrogen-bond donors (Lipinski definition) is 1. The molecule has 7 heteroatoms. The SMILES string of the molecule is COC(=O)Cn1c(CNC(=O)c2cccc(OC)c2)nc2ccccc21. The van der Waals surface area contributed by atoms with E-state index in [4.69, 9.17) is 9.47 Å². The van der Waals surface area contributed by atoms with Crippen LogP contribution in [0.5, 0.6) is 5.75 Å². The third-order valence-corrected chi connectivity index (χ3v) is 3.99. The molecule has 3 rings (SSSR count). The highest BCUT2D eigenvalue weighted by molar-refractivity contribution is 5.94. The summed E-state index contributed by atoms with van der Waals surface area (Å²) < 4.78 is 11.6. The van der Waals surface area contributed by atoms with Gasteiger partial charge in [0.05, 0.1) is 31.8 Å². The molecule has 0 unspecified atom stereocenters. The van der Waals surface area contributed by atoms with Crippen molar-refractivity contribution in [3.05, 3.63) is 59.9 Å². The number of esters is 1. The lowest BCUT2D eigenvalue weighted by molar-refractivity contribution is -0.141. The van der Waals surface area contributed by atoms with Crippen molar-refractivity contribution in [3.63, 3.8) is 0 Å². The summed E-state index contributed by atoms with van der Waals surface area (Å²) >= 11 is 0. The predicted molar refractivity (Wildman–Crippen MR) is 95.9 cm³/mol. The maximum atomic E-state index is 12.4. The van der Waals surface area contributed by atoms with Gasteiger partial charge in [0.2, 0.25) is 0 Å². The zero-order chi connectivity index (χ0) is 18.5. The molecule has 0 saturated heterocycles. The number of imidazole rings is 1. The maximum absolute atomic E-state index is 12.4. The molecule has 1 amide bonds. The second-order valence-corrected chi connectivity index (χ2v) is 5.59. The Labute approximate surface area is 150 Å². The number of aromatic nitrogens is 2. The average Bonchev–Trinajstić information content (AvgIpc) is 3.03. The Balaban J connectivity index is 1.82. The standard InChI is InChI=1S/C19H19N3O4/c1-25-14-7-5-6-13(10-14)19(24)20-11-17-21-15-8-3-4-9-16(15)22(17)12-18(23)26-2/h3-10H,11-12H2,1-2H3,(H,20,24). The third-order valence-electron chi connectivity index (χ3n) is 3.99. The number of carbonyl (C=O) groups is 2. The monoisotopic (exact) mass is 353 g/mol. The molecule has 0 spiro atoms. The first-order chi connectivity index (χ1) is 12.6. The summed E-state index contributed by atoms with van der Waals surface area (Å²) in [5.74, 6) is 0.553. The smallest absolute Gasteiger partial charge is 0.325 e. The van der Waals surface area contributed by atoms with Crippen LogP contribution in [0.2, 0.25) is 0 Å². The Morgan fingerprint density at radius 3 is 2.69 bits per heavy atom. The predicted octanol–water partition coefficient (Wildman–Crippen LogP) is 2.15. The van der Waals surface area contributed by atoms with Gasteiger partial charge in [0.25, 0.3) is 5.91 Å². The van der Waals surface area contributed by atoms with E-state index in [1.54, 1.807) is 35.9 Å². The Morgan fingerprint density at radius 2 is 1.92 bits per heavy atom. The number of methoxy groups -OCH3 is 2. The summed E-state index contributed by atoms with van der Waals surface area (Å²) in [7, 11) is 2.89. The van der Waals surface area contributed by atoms with Crippen LogP contribution >= 0.6 is 0 Å². The van der Waals surface area contributed by atoms with Crippen LogP contribution in [0.15, 0.2) is 48.5 Å². The molecule has 0 aliphatic carbocycles. The summed E-state index contributed by atoms with van der Waals surface area (Å²) in [6.07, 6.45) is 0. The van der Waals surface area contributed by atoms with E-state index in [1.807, 2.05) is 24.3 Å². The molecular formula is C19H19N3O4. The first-order valence-electron chi connectivity index (χ1n) is 8.05. The number of fused-ring (bicyclic) bond motifs is 1. The van der Waals surface area contributed by atoms with Gasteiger partial charge in [-0.3, -0.25) is 9.59 Å². The van der Waals surface area contributed by atoms with Crippen molar-refractivity contribution in [2.24, 2.45) is 0 Å². The van der Waals surface area contributed by atoms with Gasteiger partial charge in [0, 0.05) is 5.56 Å². The van der Waals surface area contributed by atoms with Gasteiger partial charge in [-0.25, -0.2) is 4.98 Å². The number of nitrogens with zero attached hydrogens (tertiary/aromatic N) is 2. The normalized spacial score (nSPS) is 10.5. The highest BCUT2D eigenvalue weighted by atomic mass is 16.5. The van der Waals surface area contributed by atoms with Crippen molar-refractivity contribution in [2.75, 3.05) is 14.2 Å². The molecule has 0 bridgehead atoms. The molecule has 134 valence electrons. The zero-order valence-electron chi connectivity index (χ0n) is 14.6. The quantitative estimate of drug-likeness (QED) is 0.687. The number of rotatable bonds is 6. The summed E-state index contributed by atoms with van der Waals surface area (Å²) in [4.78, 5) is 28.6. The van der Waals surface area contributed by atoms with Gasteiger partial charge in [-0.05, 0) is 30.3 Å². The van der Waals surface area contributed by atoms with E-state index in [0.29, 0.717) is 17.1 Å². The van der Waals surface area contributed by atoms with Crippen LogP contribution in [0, 0.1) is 0 Å². The van der Waals surface area contributed by atoms with Crippen LogP contribution in [0.1, 0.15) is 16.2 Å². The fraction of sp³-hybridized carbons (Fsp3) is 0.211. The largest absolute Gasteiger partial charge is 0.497 e. The zero-order valence-corrected chi connectivity index (χ0v) is 14.6. The fourth-order valence-corrected chi connectivity index (χ4v) is 2.66. The van der Waals surface area contributed by atoms with Gasteiger partial charge in [-0.2, -0.15) is 0 Å². The van der Waals surface area contributed by atoms with E-state index in [-0.39, 0.29) is 25.0 Å². The van der Waals surface area contributed by atoms with Crippen LogP contribution in [-0.2, 0) is 22.6 Å². The molecule has 0 aliphatic rings. The van der Waals surface area contributed by atoms with Gasteiger partial charge < -0.3 is 19.4 Å². The van der Waals surface area contributed by atoms with Crippen molar-refractivity contribution in [2.45, 2.75) is 13.1 Å². The van der Waals surface area contributed by atoms with Gasteiger partial charge in [0.1, 0.15) is 18.1 Å². The topological polar surface area (TPSA) is 82.5 Å². The molecule has 1 aromatic heterocycles. The molecule has 7 nitrogen and oxygen atoms in total. The Morgan fingerprint density at radius 1 is 1.12 bits per heavy atom. The van der Waals surface area contributed by atoms with Crippen LogP contribution in [0.25, 0.3) is 11.0 Å². The van der Waals surface area contributed by atoms with Gasteiger partial charge >= 0.3 is 5.97 Å². The van der Waals surface area contributed by atoms with E-state index in [9.17, 15) is 9.59 Å². The minimum absolute atomic E-state index is 0.0291. The Bertz CT molecular complexity index is 949. The highest BCUT2D eigenvalue weighted by Gasteiger charge is 2.15. The summed E-state index contributed by atoms with van der Waals surface area (Å²) in [6, 6.07) is 14.4. The number of nitrogens with one attached hydrogen (secondary N) is 1. The molecule has 1 N–H and O–H groups in total. The molecule has 0 aliphatic heterocycles. The van der Waals surface area contributed by atoms with Crippen molar-refractivity contribution in [1.82, 2.24) is 14.9 Å². The third kappa shape index (κ3) is 3.66. The van der Waals surface area contributed by atoms with Gasteiger partial charge in [-0.15, -0.1) is 0 Å². The van der Waals surface area contributed by atoms with Crippen LogP contribution in [-0.4, -0.2) is 35.6 Å². The lowest BCUT2D eigenvalue weighted by atomic mass is 10.2. The lowest BCUT2D eigenvalue weighted by Gasteiger charge is -2.09. The average molecular weight is 353 g/mol. The van der Waals surface area contributed by atoms with Gasteiger partial charge in [-0.1, -0.05) is 18.2 Å². The second kappa shape index (κ2) is 7.69. The van der Waals surface area contributed by atoms with Crippen LogP contribution in [0.3, 0.4) is 0 Å². The minimum Gasteiger partial charge on any atom is -0.497 e. The van der Waals surface area contributed by atoms with E-state index < -0.39 is 0 Å². The van der Waals surface area contributed by atoms with Crippen molar-refractivity contribution < 1.29 is 19.1 Å². The van der Waals surface area contributed by atoms with Gasteiger partial charge in [0.15, 0.2) is 0 Å². The van der Waals surface area contributed by atoms with E-state index in [2.05, 4.69) is 10.3 Å². The number of carbonyl (C=O) groups excluding carboxylic acids is 2. The molecule has 26 heavy (non-hydrogen) atoms. The number of hydrogen-bond acceptors (Lipinski definition) is 5. The number of amides is 1. The summed E-state index contributed by atoms with van der Waals surface area (Å²) in [5.41, 5.74) is 2.05. The van der Waals surface area contributed by atoms with E-state index >= 15 is 0 Å². The molecule has 1 heterocycles. The summed E-state index contributed by atoms with van der Waals surface area (Å²) in [5, 5.41) is 2.83. The van der Waals surface area contributed by atoms with Crippen LogP contribution < -0.4 is 10.1 Å². The molecule has 3 aromatic rings. The Kier molecular flexibility index (Phi) is 5.17. The second-order valence-electron chi connectivity index (χ2n) is 5.59. The van der Waals surface area contributed by atoms with Crippen molar-refractivity contribution in [1.29, 1.82) is 0 Å². The first-order valence-corrected chi connectivity index (χ1v) is 8.05. The Hall–Kier alpha value is -3.35. The van der Waals surface area contributed by atoms with Crippen molar-refractivity contribution >= 4 is 22.9 Å². The van der Waals surface area contributed by atoms with Crippen molar-refractivity contribution in [3.8, 4) is 5.75 Å². The highest BCUT2D eigenvalue weighted by Crippen LogP contribution is 2.17. The molecule has 2 aromatic carbocycles. The fourth-order valence-electron chi connectivity index (χ4n) is 2.66. The maximum Gasteiger partial charge on any atom is 0.325 e. The minimum atomic E-state index is -0.381. The summed E-state index contributed by atoms with van der Waals surface area (Å²) in [6.45, 7) is 0.211.